The number of nitrogens with zero attached hydrogens (tertiary/aromatic N) is 3. The molecule has 0 radical (unpaired) electrons. The second-order valence-electron chi connectivity index (χ2n) is 6.54. The maximum atomic E-state index is 12.8. The van der Waals surface area contributed by atoms with Gasteiger partial charge in [-0.25, -0.2) is 9.67 Å². The van der Waals surface area contributed by atoms with Gasteiger partial charge < -0.3 is 10.1 Å². The Morgan fingerprint density at radius 1 is 1.25 bits per heavy atom. The summed E-state index contributed by atoms with van der Waals surface area (Å²) in [6.07, 6.45) is 0. The molecule has 2 aromatic heterocycles. The van der Waals surface area contributed by atoms with Crippen molar-refractivity contribution in [3.63, 3.8) is 0 Å². The Morgan fingerprint density at radius 2 is 2.00 bits per heavy atom. The summed E-state index contributed by atoms with van der Waals surface area (Å²) >= 11 is 1.21. The molecule has 1 N–H and O–H groups in total. The van der Waals surface area contributed by atoms with E-state index in [0.29, 0.717) is 33.4 Å². The van der Waals surface area contributed by atoms with Crippen molar-refractivity contribution in [3.8, 4) is 10.6 Å². The molecule has 146 valence electrons. The first-order chi connectivity index (χ1) is 13.3. The minimum absolute atomic E-state index is 0.226. The van der Waals surface area contributed by atoms with Gasteiger partial charge in [0, 0.05) is 19.8 Å². The van der Waals surface area contributed by atoms with E-state index in [4.69, 9.17) is 4.74 Å². The summed E-state index contributed by atoms with van der Waals surface area (Å²) in [4.78, 5) is 30.3. The third-order valence-electron chi connectivity index (χ3n) is 4.44. The molecule has 3 aromatic rings. The zero-order valence-electron chi connectivity index (χ0n) is 16.5. The van der Waals surface area contributed by atoms with Crippen molar-refractivity contribution in [1.29, 1.82) is 0 Å². The Hall–Kier alpha value is -2.84. The maximum absolute atomic E-state index is 12.8. The molecule has 0 unspecified atom stereocenters. The second-order valence-corrected chi connectivity index (χ2v) is 7.53. The zero-order valence-corrected chi connectivity index (χ0v) is 17.3. The van der Waals surface area contributed by atoms with Crippen LogP contribution in [0.4, 0.5) is 5.69 Å². The number of anilines is 1. The molecule has 0 aliphatic rings. The Kier molecular flexibility index (Phi) is 5.71. The Morgan fingerprint density at radius 3 is 2.71 bits per heavy atom. The van der Waals surface area contributed by atoms with Crippen LogP contribution in [-0.2, 0) is 18.4 Å². The number of nitrogens with one attached hydrogen (secondary N) is 1. The van der Waals surface area contributed by atoms with Crippen LogP contribution in [0.2, 0.25) is 0 Å². The van der Waals surface area contributed by atoms with Crippen LogP contribution in [0.25, 0.3) is 10.6 Å². The highest BCUT2D eigenvalue weighted by molar-refractivity contribution is 7.17. The summed E-state index contributed by atoms with van der Waals surface area (Å²) in [6, 6.07) is 7.48. The highest BCUT2D eigenvalue weighted by Crippen LogP contribution is 2.29. The first-order valence-corrected chi connectivity index (χ1v) is 9.55. The minimum atomic E-state index is -0.254. The number of amides is 1. The Balaban J connectivity index is 1.94. The quantitative estimate of drug-likeness (QED) is 0.713. The smallest absolute Gasteiger partial charge is 0.277 e. The lowest BCUT2D eigenvalue weighted by atomic mass is 10.1. The average Bonchev–Trinajstić information content (AvgIpc) is 3.02. The van der Waals surface area contributed by atoms with Crippen molar-refractivity contribution < 1.29 is 9.53 Å². The van der Waals surface area contributed by atoms with Crippen molar-refractivity contribution >= 4 is 22.9 Å². The van der Waals surface area contributed by atoms with E-state index in [9.17, 15) is 9.59 Å². The second kappa shape index (κ2) is 8.04. The topological polar surface area (TPSA) is 86.1 Å². The van der Waals surface area contributed by atoms with E-state index in [-0.39, 0.29) is 11.5 Å². The van der Waals surface area contributed by atoms with Crippen molar-refractivity contribution in [1.82, 2.24) is 14.8 Å². The number of benzene rings is 1. The van der Waals surface area contributed by atoms with Crippen molar-refractivity contribution in [2.24, 2.45) is 7.05 Å². The number of aryl methyl sites for hydroxylation is 3. The number of rotatable bonds is 5. The number of ether oxygens (including phenoxy) is 1. The Bertz CT molecular complexity index is 1100. The molecule has 8 heteroatoms. The van der Waals surface area contributed by atoms with E-state index in [2.05, 4.69) is 15.4 Å². The fourth-order valence-corrected chi connectivity index (χ4v) is 3.96. The summed E-state index contributed by atoms with van der Waals surface area (Å²) in [7, 11) is 3.24. The molecule has 7 nitrogen and oxygen atoms in total. The maximum Gasteiger partial charge on any atom is 0.277 e. The van der Waals surface area contributed by atoms with Crippen molar-refractivity contribution in [2.75, 3.05) is 12.4 Å². The summed E-state index contributed by atoms with van der Waals surface area (Å²) in [5.41, 5.74) is 4.03. The number of carbonyl (C=O) groups is 1. The lowest BCUT2D eigenvalue weighted by Crippen LogP contribution is -2.23. The zero-order chi connectivity index (χ0) is 20.4. The molecular weight excluding hydrogens is 376 g/mol. The van der Waals surface area contributed by atoms with E-state index in [1.54, 1.807) is 21.1 Å². The largest absolute Gasteiger partial charge is 0.380 e. The van der Waals surface area contributed by atoms with Gasteiger partial charge in [0.2, 0.25) is 0 Å². The molecule has 2 heterocycles. The van der Waals surface area contributed by atoms with E-state index in [1.807, 2.05) is 38.1 Å². The molecule has 0 fully saturated rings. The molecule has 28 heavy (non-hydrogen) atoms. The molecule has 0 saturated heterocycles. The van der Waals surface area contributed by atoms with Gasteiger partial charge in [-0.15, -0.1) is 11.3 Å². The lowest BCUT2D eigenvalue weighted by Gasteiger charge is -2.07. The summed E-state index contributed by atoms with van der Waals surface area (Å²) < 4.78 is 6.43. The first-order valence-electron chi connectivity index (χ1n) is 8.73. The molecule has 0 spiro atoms. The van der Waals surface area contributed by atoms with Gasteiger partial charge in [-0.2, -0.15) is 5.10 Å². The van der Waals surface area contributed by atoms with E-state index >= 15 is 0 Å². The van der Waals surface area contributed by atoms with Crippen LogP contribution in [0.3, 0.4) is 0 Å². The number of carbonyl (C=O) groups excluding carboxylic acids is 1. The van der Waals surface area contributed by atoms with Gasteiger partial charge in [-0.05, 0) is 44.0 Å². The highest BCUT2D eigenvalue weighted by Gasteiger charge is 2.21. The Labute approximate surface area is 167 Å². The minimum Gasteiger partial charge on any atom is -0.380 e. The third kappa shape index (κ3) is 3.88. The van der Waals surface area contributed by atoms with Crippen LogP contribution in [-0.4, -0.2) is 27.8 Å². The molecule has 0 atom stereocenters. The van der Waals surface area contributed by atoms with Crippen LogP contribution in [0.15, 0.2) is 29.1 Å². The molecule has 3 rings (SSSR count). The first kappa shape index (κ1) is 19.9. The monoisotopic (exact) mass is 398 g/mol. The third-order valence-corrected chi connectivity index (χ3v) is 5.61. The molecule has 1 amide bonds. The molecular formula is C20H22N4O3S. The molecule has 1 aromatic carbocycles. The SMILES string of the molecule is COCc1cccc(NC(=O)c2sc(-c3c(C)c(C)nn(C)c3=O)nc2C)c1. The number of aromatic nitrogens is 3. The predicted molar refractivity (Wildman–Crippen MR) is 110 cm³/mol. The van der Waals surface area contributed by atoms with Crippen molar-refractivity contribution in [2.45, 2.75) is 27.4 Å². The van der Waals surface area contributed by atoms with Gasteiger partial charge in [0.1, 0.15) is 9.88 Å². The lowest BCUT2D eigenvalue weighted by molar-refractivity contribution is 0.102. The van der Waals surface area contributed by atoms with Gasteiger partial charge in [-0.1, -0.05) is 12.1 Å². The van der Waals surface area contributed by atoms with Gasteiger partial charge in [-0.3, -0.25) is 9.59 Å². The van der Waals surface area contributed by atoms with Crippen LogP contribution >= 0.6 is 11.3 Å². The molecule has 0 saturated carbocycles. The van der Waals surface area contributed by atoms with E-state index in [0.717, 1.165) is 16.8 Å². The number of methoxy groups -OCH3 is 1. The van der Waals surface area contributed by atoms with Crippen LogP contribution in [0, 0.1) is 20.8 Å². The fraction of sp³-hybridized carbons (Fsp3) is 0.300. The van der Waals surface area contributed by atoms with Crippen molar-refractivity contribution in [3.05, 3.63) is 62.0 Å². The number of hydrogen-bond donors (Lipinski definition) is 1. The molecule has 0 aliphatic carbocycles. The van der Waals surface area contributed by atoms with E-state index in [1.165, 1.54) is 16.0 Å². The summed E-state index contributed by atoms with van der Waals surface area (Å²) in [6.45, 7) is 5.93. The average molecular weight is 398 g/mol. The number of hydrogen-bond acceptors (Lipinski definition) is 6. The normalized spacial score (nSPS) is 10.9. The number of thiazole rings is 1. The van der Waals surface area contributed by atoms with Crippen LogP contribution in [0.1, 0.15) is 32.2 Å². The summed E-state index contributed by atoms with van der Waals surface area (Å²) in [5, 5.41) is 7.62. The molecule has 0 bridgehead atoms. The van der Waals surface area contributed by atoms with Gasteiger partial charge in [0.25, 0.3) is 11.5 Å². The van der Waals surface area contributed by atoms with Crippen LogP contribution in [0.5, 0.6) is 0 Å². The molecule has 0 aliphatic heterocycles. The fourth-order valence-electron chi connectivity index (χ4n) is 2.91. The highest BCUT2D eigenvalue weighted by atomic mass is 32.1. The standard InChI is InChI=1S/C20H22N4O3S/c1-11-12(2)23-24(4)20(26)16(11)19-21-13(3)17(28-19)18(25)22-15-8-6-7-14(9-15)10-27-5/h6-9H,10H2,1-5H3,(H,22,25). The predicted octanol–water partition coefficient (Wildman–Crippen LogP) is 3.23. The van der Waals surface area contributed by atoms with E-state index < -0.39 is 0 Å². The van der Waals surface area contributed by atoms with Gasteiger partial charge in [0.15, 0.2) is 0 Å². The summed E-state index contributed by atoms with van der Waals surface area (Å²) in [5.74, 6) is -0.254. The van der Waals surface area contributed by atoms with Crippen LogP contribution < -0.4 is 10.9 Å². The van der Waals surface area contributed by atoms with Gasteiger partial charge >= 0.3 is 0 Å². The van der Waals surface area contributed by atoms with Gasteiger partial charge in [0.05, 0.1) is 23.6 Å².